The summed E-state index contributed by atoms with van der Waals surface area (Å²) < 4.78 is 11.0. The molecule has 1 unspecified atom stereocenters. The molecular formula is C15H20N2O3. The molecule has 1 aliphatic heterocycles. The molecule has 108 valence electrons. The molecule has 1 aromatic carbocycles. The van der Waals surface area contributed by atoms with Crippen molar-refractivity contribution in [3.05, 3.63) is 23.8 Å². The normalized spacial score (nSPS) is 18.4. The maximum atomic E-state index is 11.8. The Labute approximate surface area is 118 Å². The minimum atomic E-state index is -0.0423. The van der Waals surface area contributed by atoms with Gasteiger partial charge in [0, 0.05) is 6.04 Å². The molecule has 20 heavy (non-hydrogen) atoms. The van der Waals surface area contributed by atoms with Gasteiger partial charge in [-0.1, -0.05) is 6.07 Å². The van der Waals surface area contributed by atoms with Crippen LogP contribution in [0.2, 0.25) is 0 Å². The number of fused-ring (bicyclic) bond motifs is 1. The minimum absolute atomic E-state index is 0.0271. The first-order chi connectivity index (χ1) is 9.72. The van der Waals surface area contributed by atoms with Gasteiger partial charge in [0.05, 0.1) is 12.6 Å². The highest BCUT2D eigenvalue weighted by Crippen LogP contribution is 2.32. The van der Waals surface area contributed by atoms with Gasteiger partial charge in [0.1, 0.15) is 13.2 Å². The van der Waals surface area contributed by atoms with Gasteiger partial charge in [-0.15, -0.1) is 0 Å². The predicted molar refractivity (Wildman–Crippen MR) is 75.0 cm³/mol. The lowest BCUT2D eigenvalue weighted by Gasteiger charge is -2.21. The van der Waals surface area contributed by atoms with E-state index >= 15 is 0 Å². The Morgan fingerprint density at radius 1 is 1.30 bits per heavy atom. The summed E-state index contributed by atoms with van der Waals surface area (Å²) >= 11 is 0. The molecule has 2 N–H and O–H groups in total. The van der Waals surface area contributed by atoms with Crippen LogP contribution in [0.25, 0.3) is 0 Å². The van der Waals surface area contributed by atoms with Gasteiger partial charge in [0.2, 0.25) is 5.91 Å². The predicted octanol–water partition coefficient (Wildman–Crippen LogP) is 1.39. The molecule has 0 spiro atoms. The summed E-state index contributed by atoms with van der Waals surface area (Å²) in [5.74, 6) is 1.55. The molecule has 0 bridgehead atoms. The zero-order chi connectivity index (χ0) is 13.9. The molecular weight excluding hydrogens is 256 g/mol. The molecule has 0 radical (unpaired) electrons. The zero-order valence-electron chi connectivity index (χ0n) is 11.6. The SMILES string of the molecule is CC(NC(=O)CNC1CC1)c1ccc2c(c1)OCCO2. The van der Waals surface area contributed by atoms with Gasteiger partial charge in [0.15, 0.2) is 11.5 Å². The second kappa shape index (κ2) is 5.71. The van der Waals surface area contributed by atoms with E-state index in [1.807, 2.05) is 25.1 Å². The standard InChI is InChI=1S/C15H20N2O3/c1-10(17-15(18)9-16-12-3-4-12)11-2-5-13-14(8-11)20-7-6-19-13/h2,5,8,10,12,16H,3-4,6-7,9H2,1H3,(H,17,18). The van der Waals surface area contributed by atoms with Crippen molar-refractivity contribution in [2.75, 3.05) is 19.8 Å². The number of hydrogen-bond acceptors (Lipinski definition) is 4. The van der Waals surface area contributed by atoms with Crippen molar-refractivity contribution in [1.29, 1.82) is 0 Å². The summed E-state index contributed by atoms with van der Waals surface area (Å²) in [4.78, 5) is 11.8. The Kier molecular flexibility index (Phi) is 3.78. The molecule has 5 heteroatoms. The van der Waals surface area contributed by atoms with Gasteiger partial charge in [-0.05, 0) is 37.5 Å². The van der Waals surface area contributed by atoms with Crippen molar-refractivity contribution in [2.45, 2.75) is 31.8 Å². The van der Waals surface area contributed by atoms with E-state index in [4.69, 9.17) is 9.47 Å². The van der Waals surface area contributed by atoms with Gasteiger partial charge in [-0.3, -0.25) is 4.79 Å². The van der Waals surface area contributed by atoms with Crippen LogP contribution in [-0.4, -0.2) is 31.7 Å². The highest BCUT2D eigenvalue weighted by Gasteiger charge is 2.22. The Bertz CT molecular complexity index is 500. The molecule has 2 aliphatic rings. The number of rotatable bonds is 5. The van der Waals surface area contributed by atoms with Crippen LogP contribution >= 0.6 is 0 Å². The highest BCUT2D eigenvalue weighted by molar-refractivity contribution is 5.78. The Morgan fingerprint density at radius 3 is 2.80 bits per heavy atom. The van der Waals surface area contributed by atoms with Crippen LogP contribution in [0.15, 0.2) is 18.2 Å². The van der Waals surface area contributed by atoms with Gasteiger partial charge in [-0.25, -0.2) is 0 Å². The minimum Gasteiger partial charge on any atom is -0.486 e. The largest absolute Gasteiger partial charge is 0.486 e. The van der Waals surface area contributed by atoms with Crippen LogP contribution in [0.1, 0.15) is 31.4 Å². The van der Waals surface area contributed by atoms with Crippen molar-refractivity contribution >= 4 is 5.91 Å². The summed E-state index contributed by atoms with van der Waals surface area (Å²) in [7, 11) is 0. The second-order valence-corrected chi connectivity index (χ2v) is 5.35. The van der Waals surface area contributed by atoms with Crippen LogP contribution in [0.3, 0.4) is 0 Å². The molecule has 1 atom stereocenters. The maximum absolute atomic E-state index is 11.8. The molecule has 3 rings (SSSR count). The Balaban J connectivity index is 1.58. The fourth-order valence-electron chi connectivity index (χ4n) is 2.23. The van der Waals surface area contributed by atoms with Crippen LogP contribution in [0, 0.1) is 0 Å². The molecule has 1 aliphatic carbocycles. The van der Waals surface area contributed by atoms with Gasteiger partial charge in [-0.2, -0.15) is 0 Å². The molecule has 0 aromatic heterocycles. The number of nitrogens with one attached hydrogen (secondary N) is 2. The number of benzene rings is 1. The van der Waals surface area contributed by atoms with E-state index in [0.717, 1.165) is 17.1 Å². The van der Waals surface area contributed by atoms with Crippen molar-refractivity contribution in [3.8, 4) is 11.5 Å². The van der Waals surface area contributed by atoms with Gasteiger partial charge >= 0.3 is 0 Å². The Hall–Kier alpha value is -1.75. The van der Waals surface area contributed by atoms with Crippen molar-refractivity contribution in [1.82, 2.24) is 10.6 Å². The van der Waals surface area contributed by atoms with Gasteiger partial charge in [0.25, 0.3) is 0 Å². The maximum Gasteiger partial charge on any atom is 0.234 e. The lowest BCUT2D eigenvalue weighted by molar-refractivity contribution is -0.120. The topological polar surface area (TPSA) is 59.6 Å². The molecule has 1 aromatic rings. The van der Waals surface area contributed by atoms with Gasteiger partial charge < -0.3 is 20.1 Å². The monoisotopic (exact) mass is 276 g/mol. The van der Waals surface area contributed by atoms with Crippen molar-refractivity contribution in [2.24, 2.45) is 0 Å². The average molecular weight is 276 g/mol. The lowest BCUT2D eigenvalue weighted by Crippen LogP contribution is -2.36. The summed E-state index contributed by atoms with van der Waals surface area (Å²) in [5.41, 5.74) is 1.02. The van der Waals surface area contributed by atoms with E-state index in [2.05, 4.69) is 10.6 Å². The van der Waals surface area contributed by atoms with E-state index < -0.39 is 0 Å². The number of hydrogen-bond donors (Lipinski definition) is 2. The van der Waals surface area contributed by atoms with Crippen LogP contribution in [-0.2, 0) is 4.79 Å². The molecule has 1 amide bonds. The first-order valence-corrected chi connectivity index (χ1v) is 7.14. The fraction of sp³-hybridized carbons (Fsp3) is 0.533. The average Bonchev–Trinajstić information content (AvgIpc) is 3.29. The fourth-order valence-corrected chi connectivity index (χ4v) is 2.23. The Morgan fingerprint density at radius 2 is 2.05 bits per heavy atom. The zero-order valence-corrected chi connectivity index (χ0v) is 11.6. The van der Waals surface area contributed by atoms with Crippen molar-refractivity contribution in [3.63, 3.8) is 0 Å². The number of carbonyl (C=O) groups excluding carboxylic acids is 1. The molecule has 1 fully saturated rings. The van der Waals surface area contributed by atoms with E-state index in [-0.39, 0.29) is 11.9 Å². The second-order valence-electron chi connectivity index (χ2n) is 5.35. The summed E-state index contributed by atoms with van der Waals surface area (Å²) in [6.07, 6.45) is 2.37. The summed E-state index contributed by atoms with van der Waals surface area (Å²) in [5, 5.41) is 6.19. The molecule has 1 heterocycles. The first kappa shape index (κ1) is 13.2. The molecule has 5 nitrogen and oxygen atoms in total. The highest BCUT2D eigenvalue weighted by atomic mass is 16.6. The smallest absolute Gasteiger partial charge is 0.234 e. The summed E-state index contributed by atoms with van der Waals surface area (Å²) in [6.45, 7) is 3.52. The number of amides is 1. The van der Waals surface area contributed by atoms with E-state index in [9.17, 15) is 4.79 Å². The quantitative estimate of drug-likeness (QED) is 0.853. The van der Waals surface area contributed by atoms with Crippen LogP contribution in [0.4, 0.5) is 0 Å². The third-order valence-corrected chi connectivity index (χ3v) is 3.57. The van der Waals surface area contributed by atoms with E-state index in [1.165, 1.54) is 12.8 Å². The molecule has 1 saturated carbocycles. The van der Waals surface area contributed by atoms with Crippen molar-refractivity contribution < 1.29 is 14.3 Å². The first-order valence-electron chi connectivity index (χ1n) is 7.14. The summed E-state index contributed by atoms with van der Waals surface area (Å²) in [6, 6.07) is 6.31. The third-order valence-electron chi connectivity index (χ3n) is 3.57. The number of carbonyl (C=O) groups is 1. The van der Waals surface area contributed by atoms with Crippen LogP contribution < -0.4 is 20.1 Å². The lowest BCUT2D eigenvalue weighted by atomic mass is 10.1. The van der Waals surface area contributed by atoms with Crippen LogP contribution in [0.5, 0.6) is 11.5 Å². The van der Waals surface area contributed by atoms with E-state index in [0.29, 0.717) is 25.8 Å². The molecule has 0 saturated heterocycles. The van der Waals surface area contributed by atoms with E-state index in [1.54, 1.807) is 0 Å². The number of ether oxygens (including phenoxy) is 2. The third kappa shape index (κ3) is 3.22.